The van der Waals surface area contributed by atoms with Crippen molar-refractivity contribution in [3.63, 3.8) is 0 Å². The van der Waals surface area contributed by atoms with Crippen LogP contribution in [-0.4, -0.2) is 18.6 Å². The van der Waals surface area contributed by atoms with E-state index in [-0.39, 0.29) is 5.91 Å². The van der Waals surface area contributed by atoms with E-state index >= 15 is 0 Å². The maximum absolute atomic E-state index is 13.0. The number of allylic oxidation sites excluding steroid dienone is 1. The van der Waals surface area contributed by atoms with Gasteiger partial charge in [-0.25, -0.2) is 0 Å². The summed E-state index contributed by atoms with van der Waals surface area (Å²) in [6.07, 6.45) is 3.58. The Bertz CT molecular complexity index is 1230. The molecular formula is C29H29NO2S. The van der Waals surface area contributed by atoms with Crippen LogP contribution in [0.1, 0.15) is 31.9 Å². The molecular weight excluding hydrogens is 426 g/mol. The molecule has 3 nitrogen and oxygen atoms in total. The third kappa shape index (κ3) is 4.36. The highest BCUT2D eigenvalue weighted by Crippen LogP contribution is 2.46. The summed E-state index contributed by atoms with van der Waals surface area (Å²) in [5.74, 6) is 1.50. The number of amides is 1. The van der Waals surface area contributed by atoms with Gasteiger partial charge in [0.2, 0.25) is 0 Å². The van der Waals surface area contributed by atoms with Crippen LogP contribution in [0.2, 0.25) is 0 Å². The van der Waals surface area contributed by atoms with Crippen molar-refractivity contribution in [3.05, 3.63) is 96.6 Å². The molecule has 3 aromatic rings. The van der Waals surface area contributed by atoms with Crippen LogP contribution < -0.4 is 9.64 Å². The fourth-order valence-electron chi connectivity index (χ4n) is 4.67. The molecule has 168 valence electrons. The number of benzene rings is 3. The molecule has 1 aliphatic rings. The highest BCUT2D eigenvalue weighted by atomic mass is 32.2. The van der Waals surface area contributed by atoms with E-state index in [0.29, 0.717) is 0 Å². The van der Waals surface area contributed by atoms with Crippen molar-refractivity contribution in [1.29, 1.82) is 0 Å². The summed E-state index contributed by atoms with van der Waals surface area (Å²) in [5, 5.41) is 0. The number of nitrogens with zero attached hydrogens (tertiary/aromatic N) is 1. The van der Waals surface area contributed by atoms with E-state index < -0.39 is 5.54 Å². The van der Waals surface area contributed by atoms with Crippen molar-refractivity contribution in [3.8, 4) is 16.9 Å². The van der Waals surface area contributed by atoms with Crippen LogP contribution >= 0.6 is 11.8 Å². The van der Waals surface area contributed by atoms with Crippen LogP contribution in [0.25, 0.3) is 16.7 Å². The fourth-order valence-corrected chi connectivity index (χ4v) is 5.63. The number of ether oxygens (including phenoxy) is 1. The second-order valence-electron chi connectivity index (χ2n) is 8.65. The number of fused-ring (bicyclic) bond motifs is 1. The molecule has 1 amide bonds. The topological polar surface area (TPSA) is 29.5 Å². The summed E-state index contributed by atoms with van der Waals surface area (Å²) in [7, 11) is 1.70. The molecule has 0 N–H and O–H groups in total. The average Bonchev–Trinajstić information content (AvgIpc) is 2.82. The van der Waals surface area contributed by atoms with Gasteiger partial charge in [-0.1, -0.05) is 55.1 Å². The normalized spacial score (nSPS) is 14.3. The summed E-state index contributed by atoms with van der Waals surface area (Å²) in [4.78, 5) is 16.0. The average molecular weight is 456 g/mol. The second-order valence-corrected chi connectivity index (χ2v) is 9.70. The van der Waals surface area contributed by atoms with E-state index in [1.54, 1.807) is 18.9 Å². The van der Waals surface area contributed by atoms with E-state index in [1.807, 2.05) is 29.2 Å². The minimum atomic E-state index is -0.446. The first kappa shape index (κ1) is 22.9. The number of rotatable bonds is 6. The summed E-state index contributed by atoms with van der Waals surface area (Å²) in [6, 6.07) is 22.7. The molecule has 4 rings (SSSR count). The maximum Gasteiger partial charge on any atom is 0.251 e. The molecule has 0 unspecified atom stereocenters. The third-order valence-electron chi connectivity index (χ3n) is 5.99. The molecule has 0 saturated carbocycles. The van der Waals surface area contributed by atoms with E-state index in [0.717, 1.165) is 33.9 Å². The molecule has 0 atom stereocenters. The number of carbonyl (C=O) groups is 1. The van der Waals surface area contributed by atoms with Gasteiger partial charge in [0.05, 0.1) is 18.3 Å². The highest BCUT2D eigenvalue weighted by Gasteiger charge is 2.36. The van der Waals surface area contributed by atoms with Crippen LogP contribution in [0.3, 0.4) is 0 Å². The third-order valence-corrected chi connectivity index (χ3v) is 7.03. The molecule has 0 radical (unpaired) electrons. The fraction of sp³-hybridized carbons (Fsp3) is 0.207. The molecule has 0 bridgehead atoms. The minimum absolute atomic E-state index is 0.100. The number of para-hydroxylation sites is 1. The van der Waals surface area contributed by atoms with Gasteiger partial charge in [-0.2, -0.15) is 0 Å². The lowest BCUT2D eigenvalue weighted by Crippen LogP contribution is -2.48. The molecule has 33 heavy (non-hydrogen) atoms. The van der Waals surface area contributed by atoms with Gasteiger partial charge in [-0.05, 0) is 67.8 Å². The predicted octanol–water partition coefficient (Wildman–Crippen LogP) is 7.37. The zero-order chi connectivity index (χ0) is 23.6. The Morgan fingerprint density at radius 1 is 1.03 bits per heavy atom. The SMILES string of the molecule is C=CC(=O)N1c2ccc(-c3ccccc3OC)c(CSc3ccccc3)c2C(C)=CC1(C)C. The van der Waals surface area contributed by atoms with Gasteiger partial charge >= 0.3 is 0 Å². The van der Waals surface area contributed by atoms with Crippen LogP contribution in [0.15, 0.2) is 90.4 Å². The smallest absolute Gasteiger partial charge is 0.251 e. The Kier molecular flexibility index (Phi) is 6.48. The number of methoxy groups -OCH3 is 1. The van der Waals surface area contributed by atoms with Crippen LogP contribution in [0.5, 0.6) is 5.75 Å². The van der Waals surface area contributed by atoms with E-state index in [1.165, 1.54) is 22.1 Å². The quantitative estimate of drug-likeness (QED) is 0.287. The van der Waals surface area contributed by atoms with E-state index in [9.17, 15) is 4.79 Å². The van der Waals surface area contributed by atoms with Gasteiger partial charge in [-0.3, -0.25) is 9.69 Å². The number of anilines is 1. The number of hydrogen-bond acceptors (Lipinski definition) is 3. The van der Waals surface area contributed by atoms with Gasteiger partial charge in [0.1, 0.15) is 5.75 Å². The molecule has 0 fully saturated rings. The van der Waals surface area contributed by atoms with Crippen molar-refractivity contribution >= 4 is 28.9 Å². The zero-order valence-electron chi connectivity index (χ0n) is 19.6. The molecule has 0 spiro atoms. The van der Waals surface area contributed by atoms with E-state index in [2.05, 4.69) is 75.9 Å². The Morgan fingerprint density at radius 2 is 1.73 bits per heavy atom. The largest absolute Gasteiger partial charge is 0.496 e. The van der Waals surface area contributed by atoms with Crippen molar-refractivity contribution in [2.45, 2.75) is 37.0 Å². The minimum Gasteiger partial charge on any atom is -0.496 e. The summed E-state index contributed by atoms with van der Waals surface area (Å²) in [6.45, 7) is 10.0. The molecule has 4 heteroatoms. The van der Waals surface area contributed by atoms with Gasteiger partial charge in [0.25, 0.3) is 5.91 Å². The van der Waals surface area contributed by atoms with Crippen LogP contribution in [0, 0.1) is 0 Å². The maximum atomic E-state index is 13.0. The molecule has 3 aromatic carbocycles. The predicted molar refractivity (Wildman–Crippen MR) is 140 cm³/mol. The Hall–Kier alpha value is -3.24. The first-order chi connectivity index (χ1) is 15.9. The Balaban J connectivity index is 1.95. The first-order valence-corrected chi connectivity index (χ1v) is 12.0. The monoisotopic (exact) mass is 455 g/mol. The number of thioether (sulfide) groups is 1. The summed E-state index contributed by atoms with van der Waals surface area (Å²) in [5.41, 5.74) is 6.11. The van der Waals surface area contributed by atoms with Crippen molar-refractivity contribution in [2.24, 2.45) is 0 Å². The Morgan fingerprint density at radius 3 is 2.42 bits per heavy atom. The molecule has 1 aliphatic heterocycles. The lowest BCUT2D eigenvalue weighted by Gasteiger charge is -2.42. The molecule has 0 aromatic heterocycles. The second kappa shape index (κ2) is 9.32. The van der Waals surface area contributed by atoms with Gasteiger partial charge in [0, 0.05) is 21.8 Å². The van der Waals surface area contributed by atoms with Crippen LogP contribution in [-0.2, 0) is 10.5 Å². The van der Waals surface area contributed by atoms with Gasteiger partial charge in [0.15, 0.2) is 0 Å². The molecule has 0 aliphatic carbocycles. The lowest BCUT2D eigenvalue weighted by atomic mass is 9.84. The van der Waals surface area contributed by atoms with Crippen LogP contribution in [0.4, 0.5) is 5.69 Å². The number of carbonyl (C=O) groups excluding carboxylic acids is 1. The van der Waals surface area contributed by atoms with E-state index in [4.69, 9.17) is 4.74 Å². The molecule has 1 heterocycles. The molecule has 0 saturated heterocycles. The summed E-state index contributed by atoms with van der Waals surface area (Å²) >= 11 is 1.79. The van der Waals surface area contributed by atoms with Gasteiger partial charge in [-0.15, -0.1) is 11.8 Å². The highest BCUT2D eigenvalue weighted by molar-refractivity contribution is 7.98. The Labute approximate surface area is 200 Å². The zero-order valence-corrected chi connectivity index (χ0v) is 20.4. The van der Waals surface area contributed by atoms with Crippen molar-refractivity contribution in [1.82, 2.24) is 0 Å². The van der Waals surface area contributed by atoms with Crippen molar-refractivity contribution in [2.75, 3.05) is 12.0 Å². The van der Waals surface area contributed by atoms with Gasteiger partial charge < -0.3 is 4.74 Å². The summed E-state index contributed by atoms with van der Waals surface area (Å²) < 4.78 is 5.70. The number of hydrogen-bond donors (Lipinski definition) is 0. The standard InChI is InChI=1S/C29H29NO2S/c1-6-27(31)30-25-17-16-22(23-14-10-11-15-26(23)32-5)24(19-33-21-12-8-7-9-13-21)28(25)20(2)18-29(30,3)4/h6-18H,1,19H2,2-5H3. The lowest BCUT2D eigenvalue weighted by molar-refractivity contribution is -0.114. The van der Waals surface area contributed by atoms with Crippen molar-refractivity contribution < 1.29 is 9.53 Å². The first-order valence-electron chi connectivity index (χ1n) is 11.0.